The molecule has 164 valence electrons. The fraction of sp³-hybridized carbons (Fsp3) is 0.412. The molecule has 0 bridgehead atoms. The van der Waals surface area contributed by atoms with Gasteiger partial charge in [0, 0.05) is 5.54 Å². The Morgan fingerprint density at radius 3 is 2.13 bits per heavy atom. The molecule has 0 unspecified atom stereocenters. The maximum atomic E-state index is 13.1. The Morgan fingerprint density at radius 1 is 1.03 bits per heavy atom. The smallest absolute Gasteiger partial charge is 0.333 e. The Morgan fingerprint density at radius 2 is 1.63 bits per heavy atom. The van der Waals surface area contributed by atoms with E-state index in [9.17, 15) is 40.7 Å². The lowest BCUT2D eigenvalue weighted by molar-refractivity contribution is -0.142. The minimum absolute atomic E-state index is 0.195. The summed E-state index contributed by atoms with van der Waals surface area (Å²) in [5.74, 6) is -1.21. The molecule has 0 radical (unpaired) electrons. The zero-order valence-electron chi connectivity index (χ0n) is 15.8. The number of nitrogens with zero attached hydrogens (tertiary/aromatic N) is 2. The van der Waals surface area contributed by atoms with Crippen LogP contribution in [0.25, 0.3) is 11.0 Å². The van der Waals surface area contributed by atoms with Crippen molar-refractivity contribution < 1.29 is 35.9 Å². The number of hydrogen-bond acceptors (Lipinski definition) is 4. The van der Waals surface area contributed by atoms with Crippen molar-refractivity contribution >= 4 is 23.0 Å². The molecule has 7 nitrogen and oxygen atoms in total. The minimum atomic E-state index is -5.21. The van der Waals surface area contributed by atoms with E-state index in [-0.39, 0.29) is 4.57 Å². The average Bonchev–Trinajstić information content (AvgIpc) is 2.52. The highest BCUT2D eigenvalue weighted by molar-refractivity contribution is 5.95. The summed E-state index contributed by atoms with van der Waals surface area (Å²) in [6, 6.07) is 0.576. The van der Waals surface area contributed by atoms with Crippen molar-refractivity contribution in [1.82, 2.24) is 20.2 Å². The Kier molecular flexibility index (Phi) is 5.88. The number of carbonyl (C=O) groups excluding carboxylic acids is 2. The van der Waals surface area contributed by atoms with Crippen LogP contribution in [-0.2, 0) is 23.7 Å². The molecule has 13 heteroatoms. The van der Waals surface area contributed by atoms with Gasteiger partial charge >= 0.3 is 18.4 Å². The first-order valence-corrected chi connectivity index (χ1v) is 8.30. The molecule has 2 N–H and O–H groups in total. The van der Waals surface area contributed by atoms with Gasteiger partial charge in [0.2, 0.25) is 11.6 Å². The molecule has 0 aliphatic heterocycles. The summed E-state index contributed by atoms with van der Waals surface area (Å²) in [6.45, 7) is 3.63. The number of aromatic nitrogens is 2. The SMILES string of the molecule is CC(C)(C)NC(=O)NC(=O)Cn1c(=O)c(C(F)(F)F)nc2ccc(C(F)(F)F)cc21. The minimum Gasteiger partial charge on any atom is -0.333 e. The van der Waals surface area contributed by atoms with Crippen LogP contribution in [0.15, 0.2) is 23.0 Å². The van der Waals surface area contributed by atoms with Gasteiger partial charge in [-0.2, -0.15) is 26.3 Å². The molecule has 1 aromatic heterocycles. The fourth-order valence-electron chi connectivity index (χ4n) is 2.44. The summed E-state index contributed by atoms with van der Waals surface area (Å²) in [4.78, 5) is 39.2. The predicted molar refractivity (Wildman–Crippen MR) is 92.4 cm³/mol. The van der Waals surface area contributed by atoms with E-state index < -0.39 is 64.2 Å². The highest BCUT2D eigenvalue weighted by atomic mass is 19.4. The van der Waals surface area contributed by atoms with Gasteiger partial charge in [0.25, 0.3) is 5.56 Å². The number of fused-ring (bicyclic) bond motifs is 1. The van der Waals surface area contributed by atoms with Crippen molar-refractivity contribution in [3.8, 4) is 0 Å². The van der Waals surface area contributed by atoms with Crippen LogP contribution in [-0.4, -0.2) is 27.0 Å². The molecule has 2 rings (SSSR count). The summed E-state index contributed by atoms with van der Waals surface area (Å²) in [7, 11) is 0. The summed E-state index contributed by atoms with van der Waals surface area (Å²) >= 11 is 0. The van der Waals surface area contributed by atoms with E-state index in [1.54, 1.807) is 20.8 Å². The number of carbonyl (C=O) groups is 2. The molecule has 0 aliphatic carbocycles. The van der Waals surface area contributed by atoms with Gasteiger partial charge in [0.15, 0.2) is 0 Å². The number of halogens is 6. The highest BCUT2D eigenvalue weighted by Gasteiger charge is 2.38. The topological polar surface area (TPSA) is 93.1 Å². The zero-order chi connectivity index (χ0) is 23.1. The predicted octanol–water partition coefficient (Wildman–Crippen LogP) is 3.06. The van der Waals surface area contributed by atoms with Crippen LogP contribution in [0.2, 0.25) is 0 Å². The number of rotatable bonds is 2. The van der Waals surface area contributed by atoms with Crippen LogP contribution in [0.1, 0.15) is 32.0 Å². The van der Waals surface area contributed by atoms with Crippen LogP contribution in [0.5, 0.6) is 0 Å². The molecule has 0 spiro atoms. The Labute approximate surface area is 165 Å². The Bertz CT molecular complexity index is 1050. The number of benzene rings is 1. The Balaban J connectivity index is 2.57. The van der Waals surface area contributed by atoms with Crippen molar-refractivity contribution in [2.24, 2.45) is 0 Å². The van der Waals surface area contributed by atoms with Gasteiger partial charge in [0.05, 0.1) is 16.6 Å². The second kappa shape index (κ2) is 7.61. The monoisotopic (exact) mass is 438 g/mol. The molecule has 30 heavy (non-hydrogen) atoms. The van der Waals surface area contributed by atoms with Gasteiger partial charge in [-0.25, -0.2) is 9.78 Å². The number of hydrogen-bond donors (Lipinski definition) is 2. The lowest BCUT2D eigenvalue weighted by Crippen LogP contribution is -2.49. The maximum absolute atomic E-state index is 13.1. The lowest BCUT2D eigenvalue weighted by Gasteiger charge is -2.20. The van der Waals surface area contributed by atoms with Crippen molar-refractivity contribution in [3.05, 3.63) is 39.8 Å². The normalized spacial score (nSPS) is 12.7. The third kappa shape index (κ3) is 5.48. The van der Waals surface area contributed by atoms with E-state index in [2.05, 4.69) is 10.3 Å². The van der Waals surface area contributed by atoms with Crippen LogP contribution in [0.3, 0.4) is 0 Å². The van der Waals surface area contributed by atoms with Crippen molar-refractivity contribution in [2.75, 3.05) is 0 Å². The molecular weight excluding hydrogens is 422 g/mol. The van der Waals surface area contributed by atoms with Gasteiger partial charge in [-0.1, -0.05) is 0 Å². The summed E-state index contributed by atoms with van der Waals surface area (Å²) in [5.41, 5.74) is -6.95. The molecule has 3 amide bonds. The second-order valence-corrected chi connectivity index (χ2v) is 7.30. The van der Waals surface area contributed by atoms with Crippen LogP contribution in [0, 0.1) is 0 Å². The van der Waals surface area contributed by atoms with Gasteiger partial charge in [-0.15, -0.1) is 0 Å². The summed E-state index contributed by atoms with van der Waals surface area (Å²) in [6.07, 6.45) is -10.1. The van der Waals surface area contributed by atoms with Gasteiger partial charge < -0.3 is 5.32 Å². The fourth-order valence-corrected chi connectivity index (χ4v) is 2.44. The maximum Gasteiger partial charge on any atom is 0.438 e. The number of imide groups is 1. The van der Waals surface area contributed by atoms with Crippen LogP contribution >= 0.6 is 0 Å². The van der Waals surface area contributed by atoms with E-state index >= 15 is 0 Å². The van der Waals surface area contributed by atoms with Crippen molar-refractivity contribution in [1.29, 1.82) is 0 Å². The van der Waals surface area contributed by atoms with Gasteiger partial charge in [-0.3, -0.25) is 19.5 Å². The molecule has 0 fully saturated rings. The lowest BCUT2D eigenvalue weighted by atomic mass is 10.1. The molecule has 2 aromatic rings. The summed E-state index contributed by atoms with van der Waals surface area (Å²) < 4.78 is 78.6. The molecule has 0 atom stereocenters. The number of amides is 3. The molecule has 0 aliphatic rings. The van der Waals surface area contributed by atoms with Crippen LogP contribution in [0.4, 0.5) is 31.1 Å². The highest BCUT2D eigenvalue weighted by Crippen LogP contribution is 2.32. The first kappa shape index (κ1) is 23.2. The third-order valence-corrected chi connectivity index (χ3v) is 3.59. The van der Waals surface area contributed by atoms with E-state index in [4.69, 9.17) is 0 Å². The largest absolute Gasteiger partial charge is 0.438 e. The first-order valence-electron chi connectivity index (χ1n) is 8.30. The van der Waals surface area contributed by atoms with Gasteiger partial charge in [0.1, 0.15) is 6.54 Å². The molecule has 0 saturated heterocycles. The van der Waals surface area contributed by atoms with Gasteiger partial charge in [-0.05, 0) is 39.0 Å². The summed E-state index contributed by atoms with van der Waals surface area (Å²) in [5, 5.41) is 4.16. The molecule has 1 aromatic carbocycles. The second-order valence-electron chi connectivity index (χ2n) is 7.30. The standard InChI is InChI=1S/C17H16F6N4O3/c1-15(2,3)26-14(30)25-11(28)7-27-10-6-8(16(18,19)20)4-5-9(10)24-12(13(27)29)17(21,22)23/h4-6H,7H2,1-3H3,(H2,25,26,28,30). The van der Waals surface area contributed by atoms with E-state index in [1.165, 1.54) is 0 Å². The number of urea groups is 1. The zero-order valence-corrected chi connectivity index (χ0v) is 15.8. The first-order chi connectivity index (χ1) is 13.5. The van der Waals surface area contributed by atoms with Crippen LogP contribution < -0.4 is 16.2 Å². The quantitative estimate of drug-likeness (QED) is 0.705. The Hall–Kier alpha value is -3.12. The third-order valence-electron chi connectivity index (χ3n) is 3.59. The molecule has 0 saturated carbocycles. The van der Waals surface area contributed by atoms with E-state index in [1.807, 2.05) is 5.32 Å². The number of nitrogens with one attached hydrogen (secondary N) is 2. The van der Waals surface area contributed by atoms with Crippen molar-refractivity contribution in [3.63, 3.8) is 0 Å². The van der Waals surface area contributed by atoms with Crippen molar-refractivity contribution in [2.45, 2.75) is 45.2 Å². The number of alkyl halides is 6. The van der Waals surface area contributed by atoms with E-state index in [0.29, 0.717) is 18.2 Å². The molecule has 1 heterocycles. The van der Waals surface area contributed by atoms with E-state index in [0.717, 1.165) is 0 Å². The average molecular weight is 438 g/mol. The molecular formula is C17H16F6N4O3.